The van der Waals surface area contributed by atoms with Crippen molar-refractivity contribution in [3.63, 3.8) is 0 Å². The highest BCUT2D eigenvalue weighted by Crippen LogP contribution is 2.36. The van der Waals surface area contributed by atoms with E-state index in [2.05, 4.69) is 10.2 Å². The molecule has 18 heavy (non-hydrogen) atoms. The van der Waals surface area contributed by atoms with Gasteiger partial charge in [-0.3, -0.25) is 4.79 Å². The van der Waals surface area contributed by atoms with Gasteiger partial charge in [0.2, 0.25) is 5.91 Å². The van der Waals surface area contributed by atoms with Crippen molar-refractivity contribution in [2.45, 2.75) is 57.4 Å². The smallest absolute Gasteiger partial charge is 0.223 e. The summed E-state index contributed by atoms with van der Waals surface area (Å²) in [6.45, 7) is 3.24. The third kappa shape index (κ3) is 2.56. The molecular formula is C15H26N2O. The van der Waals surface area contributed by atoms with Crippen molar-refractivity contribution >= 4 is 5.91 Å². The molecule has 0 aromatic rings. The highest BCUT2D eigenvalue weighted by atomic mass is 16.2. The molecule has 3 nitrogen and oxygen atoms in total. The number of amides is 1. The molecule has 3 rings (SSSR count). The van der Waals surface area contributed by atoms with Gasteiger partial charge in [0.25, 0.3) is 0 Å². The fourth-order valence-corrected chi connectivity index (χ4v) is 4.17. The number of likely N-dealkylation sites (tertiary alicyclic amines) is 1. The lowest BCUT2D eigenvalue weighted by Crippen LogP contribution is -2.40. The van der Waals surface area contributed by atoms with Crippen molar-refractivity contribution in [3.05, 3.63) is 0 Å². The predicted molar refractivity (Wildman–Crippen MR) is 72.3 cm³/mol. The summed E-state index contributed by atoms with van der Waals surface area (Å²) < 4.78 is 0. The lowest BCUT2D eigenvalue weighted by molar-refractivity contribution is -0.134. The van der Waals surface area contributed by atoms with Gasteiger partial charge in [0.15, 0.2) is 0 Å². The number of hydrogen-bond acceptors (Lipinski definition) is 2. The molecule has 3 aliphatic rings. The van der Waals surface area contributed by atoms with E-state index in [0.29, 0.717) is 17.9 Å². The molecule has 2 aliphatic heterocycles. The van der Waals surface area contributed by atoms with Crippen LogP contribution in [0.2, 0.25) is 0 Å². The fraction of sp³-hybridized carbons (Fsp3) is 0.933. The Morgan fingerprint density at radius 3 is 2.67 bits per heavy atom. The normalized spacial score (nSPS) is 33.4. The number of nitrogens with zero attached hydrogens (tertiary/aromatic N) is 1. The number of hydrogen-bond donors (Lipinski definition) is 1. The van der Waals surface area contributed by atoms with Crippen LogP contribution in [0.15, 0.2) is 0 Å². The van der Waals surface area contributed by atoms with Crippen LogP contribution in [0.3, 0.4) is 0 Å². The van der Waals surface area contributed by atoms with E-state index in [1.807, 2.05) is 0 Å². The molecule has 0 radical (unpaired) electrons. The zero-order valence-electron chi connectivity index (χ0n) is 11.4. The maximum Gasteiger partial charge on any atom is 0.223 e. The van der Waals surface area contributed by atoms with Crippen molar-refractivity contribution in [1.82, 2.24) is 10.2 Å². The minimum Gasteiger partial charge on any atom is -0.339 e. The Hall–Kier alpha value is -0.570. The monoisotopic (exact) mass is 250 g/mol. The summed E-state index contributed by atoms with van der Waals surface area (Å²) in [5.41, 5.74) is 0. The first-order valence-corrected chi connectivity index (χ1v) is 7.85. The summed E-state index contributed by atoms with van der Waals surface area (Å²) in [6, 6.07) is 0.605. The van der Waals surface area contributed by atoms with Gasteiger partial charge in [-0.05, 0) is 57.0 Å². The van der Waals surface area contributed by atoms with E-state index in [-0.39, 0.29) is 0 Å². The molecule has 0 bridgehead atoms. The molecule has 2 unspecified atom stereocenters. The Bertz CT molecular complexity index is 299. The minimum absolute atomic E-state index is 0.455. The fourth-order valence-electron chi connectivity index (χ4n) is 4.17. The van der Waals surface area contributed by atoms with Gasteiger partial charge in [-0.1, -0.05) is 12.8 Å². The molecule has 1 amide bonds. The van der Waals surface area contributed by atoms with E-state index >= 15 is 0 Å². The lowest BCUT2D eigenvalue weighted by Gasteiger charge is -2.33. The second kappa shape index (κ2) is 5.60. The molecule has 1 aliphatic carbocycles. The Kier molecular flexibility index (Phi) is 3.88. The number of carbonyl (C=O) groups is 1. The van der Waals surface area contributed by atoms with Crippen LogP contribution in [0.5, 0.6) is 0 Å². The van der Waals surface area contributed by atoms with Crippen LogP contribution in [-0.2, 0) is 4.79 Å². The number of nitrogens with one attached hydrogen (secondary N) is 1. The number of piperidine rings is 1. The van der Waals surface area contributed by atoms with Crippen LogP contribution in [-0.4, -0.2) is 36.5 Å². The molecule has 2 heterocycles. The summed E-state index contributed by atoms with van der Waals surface area (Å²) in [6.07, 6.45) is 9.80. The molecule has 0 spiro atoms. The average molecular weight is 250 g/mol. The Balaban J connectivity index is 1.55. The molecule has 1 saturated carbocycles. The number of rotatable bonds is 2. The third-order valence-corrected chi connectivity index (χ3v) is 5.25. The zero-order chi connectivity index (χ0) is 12.4. The molecule has 3 heteroatoms. The van der Waals surface area contributed by atoms with E-state index in [1.165, 1.54) is 44.9 Å². The molecule has 0 aromatic carbocycles. The van der Waals surface area contributed by atoms with Gasteiger partial charge in [0, 0.05) is 19.0 Å². The third-order valence-electron chi connectivity index (χ3n) is 5.25. The van der Waals surface area contributed by atoms with E-state index < -0.39 is 0 Å². The van der Waals surface area contributed by atoms with E-state index in [1.54, 1.807) is 0 Å². The largest absolute Gasteiger partial charge is 0.339 e. The SMILES string of the molecule is O=C(CC1CCNCC1)N1CCC2CCCCC21. The first-order valence-electron chi connectivity index (χ1n) is 7.85. The Labute approximate surface area is 110 Å². The molecule has 1 N–H and O–H groups in total. The second-order valence-corrected chi connectivity index (χ2v) is 6.39. The van der Waals surface area contributed by atoms with Gasteiger partial charge in [0.1, 0.15) is 0 Å². The number of carbonyl (C=O) groups excluding carboxylic acids is 1. The van der Waals surface area contributed by atoms with Crippen molar-refractivity contribution in [2.24, 2.45) is 11.8 Å². The first-order chi connectivity index (χ1) is 8.84. The summed E-state index contributed by atoms with van der Waals surface area (Å²) in [7, 11) is 0. The van der Waals surface area contributed by atoms with Crippen LogP contribution in [0, 0.1) is 11.8 Å². The van der Waals surface area contributed by atoms with Crippen LogP contribution in [0.25, 0.3) is 0 Å². The molecular weight excluding hydrogens is 224 g/mol. The lowest BCUT2D eigenvalue weighted by atomic mass is 9.85. The van der Waals surface area contributed by atoms with Gasteiger partial charge in [-0.25, -0.2) is 0 Å². The maximum atomic E-state index is 12.5. The average Bonchev–Trinajstić information content (AvgIpc) is 2.84. The van der Waals surface area contributed by atoms with Crippen molar-refractivity contribution in [3.8, 4) is 0 Å². The maximum absolute atomic E-state index is 12.5. The standard InChI is InChI=1S/C15H26N2O/c18-15(11-12-5-8-16-9-6-12)17-10-7-13-3-1-2-4-14(13)17/h12-14,16H,1-11H2. The van der Waals surface area contributed by atoms with E-state index in [9.17, 15) is 4.79 Å². The van der Waals surface area contributed by atoms with E-state index in [4.69, 9.17) is 0 Å². The highest BCUT2D eigenvalue weighted by Gasteiger charge is 2.38. The summed E-state index contributed by atoms with van der Waals surface area (Å²) in [5.74, 6) is 1.92. The van der Waals surface area contributed by atoms with Gasteiger partial charge >= 0.3 is 0 Å². The van der Waals surface area contributed by atoms with Crippen LogP contribution in [0.1, 0.15) is 51.4 Å². The minimum atomic E-state index is 0.455. The van der Waals surface area contributed by atoms with Crippen LogP contribution in [0.4, 0.5) is 0 Å². The van der Waals surface area contributed by atoms with Crippen molar-refractivity contribution < 1.29 is 4.79 Å². The quantitative estimate of drug-likeness (QED) is 0.814. The topological polar surface area (TPSA) is 32.3 Å². The molecule has 102 valence electrons. The Morgan fingerprint density at radius 2 is 1.83 bits per heavy atom. The van der Waals surface area contributed by atoms with Gasteiger partial charge in [-0.15, -0.1) is 0 Å². The highest BCUT2D eigenvalue weighted by molar-refractivity contribution is 5.77. The van der Waals surface area contributed by atoms with Crippen molar-refractivity contribution in [1.29, 1.82) is 0 Å². The van der Waals surface area contributed by atoms with Crippen molar-refractivity contribution in [2.75, 3.05) is 19.6 Å². The summed E-state index contributed by atoms with van der Waals surface area (Å²) >= 11 is 0. The summed E-state index contributed by atoms with van der Waals surface area (Å²) in [5, 5.41) is 3.38. The van der Waals surface area contributed by atoms with Crippen LogP contribution >= 0.6 is 0 Å². The Morgan fingerprint density at radius 1 is 1.06 bits per heavy atom. The van der Waals surface area contributed by atoms with E-state index in [0.717, 1.165) is 32.0 Å². The van der Waals surface area contributed by atoms with Gasteiger partial charge < -0.3 is 10.2 Å². The predicted octanol–water partition coefficient (Wildman–Crippen LogP) is 2.17. The second-order valence-electron chi connectivity index (χ2n) is 6.39. The van der Waals surface area contributed by atoms with Crippen LogP contribution < -0.4 is 5.32 Å². The zero-order valence-corrected chi connectivity index (χ0v) is 11.4. The molecule has 2 atom stereocenters. The molecule has 0 aromatic heterocycles. The van der Waals surface area contributed by atoms with Gasteiger partial charge in [-0.2, -0.15) is 0 Å². The molecule has 2 saturated heterocycles. The first kappa shape index (κ1) is 12.5. The van der Waals surface area contributed by atoms with Gasteiger partial charge in [0.05, 0.1) is 0 Å². The summed E-state index contributed by atoms with van der Waals surface area (Å²) in [4.78, 5) is 14.7. The molecule has 3 fully saturated rings. The number of fused-ring (bicyclic) bond motifs is 1.